The van der Waals surface area contributed by atoms with E-state index in [-0.39, 0.29) is 11.9 Å². The molecule has 0 bridgehead atoms. The molecule has 2 aromatic heterocycles. The average molecular weight is 456 g/mol. The fourth-order valence-electron chi connectivity index (χ4n) is 3.55. The number of nitrogens with two attached hydrogens (primary N) is 1. The fourth-order valence-corrected chi connectivity index (χ4v) is 4.36. The van der Waals surface area contributed by atoms with Crippen LogP contribution in [0.4, 0.5) is 11.6 Å². The van der Waals surface area contributed by atoms with Gasteiger partial charge in [-0.3, -0.25) is 9.59 Å². The number of likely N-dealkylation sites (tertiary alicyclic amines) is 1. The second-order valence-corrected chi connectivity index (χ2v) is 8.78. The van der Waals surface area contributed by atoms with Crippen molar-refractivity contribution in [2.45, 2.75) is 18.9 Å². The highest BCUT2D eigenvalue weighted by molar-refractivity contribution is 7.17. The van der Waals surface area contributed by atoms with Crippen molar-refractivity contribution in [1.82, 2.24) is 15.4 Å². The molecule has 32 heavy (non-hydrogen) atoms. The molecule has 0 unspecified atom stereocenters. The molecule has 10 heteroatoms. The minimum Gasteiger partial charge on any atom is -0.495 e. The summed E-state index contributed by atoms with van der Waals surface area (Å²) in [6.45, 7) is 1.96. The van der Waals surface area contributed by atoms with Gasteiger partial charge < -0.3 is 30.5 Å². The maximum Gasteiger partial charge on any atom is 0.258 e. The predicted molar refractivity (Wildman–Crippen MR) is 123 cm³/mol. The smallest absolute Gasteiger partial charge is 0.258 e. The topological polar surface area (TPSA) is 123 Å². The number of carbonyl (C=O) groups is 2. The first-order valence-corrected chi connectivity index (χ1v) is 11.1. The predicted octanol–water partition coefficient (Wildman–Crippen LogP) is 3.08. The molecule has 2 amide bonds. The summed E-state index contributed by atoms with van der Waals surface area (Å²) in [4.78, 5) is 27.5. The van der Waals surface area contributed by atoms with Crippen LogP contribution >= 0.6 is 11.3 Å². The second-order valence-electron chi connectivity index (χ2n) is 7.70. The maximum atomic E-state index is 12.7. The van der Waals surface area contributed by atoms with Crippen LogP contribution in [0.3, 0.4) is 0 Å². The first kappa shape index (κ1) is 21.8. The zero-order chi connectivity index (χ0) is 22.7. The molecule has 9 nitrogen and oxygen atoms in total. The van der Waals surface area contributed by atoms with Gasteiger partial charge in [0, 0.05) is 17.7 Å². The number of primary amides is 1. The van der Waals surface area contributed by atoms with Gasteiger partial charge in [0.25, 0.3) is 11.8 Å². The molecule has 0 atom stereocenters. The quantitative estimate of drug-likeness (QED) is 0.500. The lowest BCUT2D eigenvalue weighted by Gasteiger charge is -2.29. The number of methoxy groups -OCH3 is 1. The number of benzene rings is 1. The lowest BCUT2D eigenvalue weighted by molar-refractivity contribution is 0.0915. The maximum absolute atomic E-state index is 12.7. The van der Waals surface area contributed by atoms with E-state index in [1.54, 1.807) is 43.5 Å². The summed E-state index contributed by atoms with van der Waals surface area (Å²) >= 11 is 1.24. The number of ether oxygens (including phenoxy) is 1. The number of nitrogens with zero attached hydrogens (tertiary/aromatic N) is 2. The van der Waals surface area contributed by atoms with Crippen molar-refractivity contribution in [3.05, 3.63) is 46.8 Å². The highest BCUT2D eigenvalue weighted by atomic mass is 32.1. The molecule has 1 aliphatic rings. The number of piperidine rings is 1. The highest BCUT2D eigenvalue weighted by Crippen LogP contribution is 2.32. The molecule has 4 N–H and O–H groups in total. The normalized spacial score (nSPS) is 14.8. The van der Waals surface area contributed by atoms with Crippen LogP contribution in [0.5, 0.6) is 5.75 Å². The van der Waals surface area contributed by atoms with E-state index in [1.807, 2.05) is 0 Å². The van der Waals surface area contributed by atoms with Gasteiger partial charge in [0.2, 0.25) is 5.88 Å². The van der Waals surface area contributed by atoms with Crippen molar-refractivity contribution in [3.63, 3.8) is 0 Å². The molecular formula is C22H25N5O4S. The van der Waals surface area contributed by atoms with Gasteiger partial charge in [-0.1, -0.05) is 5.16 Å². The summed E-state index contributed by atoms with van der Waals surface area (Å²) in [6, 6.07) is 10.5. The molecule has 168 valence electrons. The van der Waals surface area contributed by atoms with E-state index in [0.29, 0.717) is 33.5 Å². The molecule has 0 saturated carbocycles. The van der Waals surface area contributed by atoms with E-state index in [1.165, 1.54) is 11.3 Å². The van der Waals surface area contributed by atoms with E-state index in [9.17, 15) is 9.59 Å². The summed E-state index contributed by atoms with van der Waals surface area (Å²) in [7, 11) is 3.63. The van der Waals surface area contributed by atoms with Crippen molar-refractivity contribution in [3.8, 4) is 16.3 Å². The zero-order valence-corrected chi connectivity index (χ0v) is 18.7. The van der Waals surface area contributed by atoms with Crippen molar-refractivity contribution in [2.24, 2.45) is 5.73 Å². The largest absolute Gasteiger partial charge is 0.495 e. The third kappa shape index (κ3) is 4.92. The van der Waals surface area contributed by atoms with Gasteiger partial charge in [0.15, 0.2) is 0 Å². The van der Waals surface area contributed by atoms with Crippen molar-refractivity contribution < 1.29 is 18.8 Å². The molecule has 4 rings (SSSR count). The Morgan fingerprint density at radius 2 is 2.00 bits per heavy atom. The Morgan fingerprint density at radius 1 is 1.22 bits per heavy atom. The Kier molecular flexibility index (Phi) is 6.42. The van der Waals surface area contributed by atoms with Gasteiger partial charge >= 0.3 is 0 Å². The van der Waals surface area contributed by atoms with E-state index >= 15 is 0 Å². The summed E-state index contributed by atoms with van der Waals surface area (Å²) in [5.41, 5.74) is 7.05. The van der Waals surface area contributed by atoms with Crippen LogP contribution in [-0.4, -0.2) is 55.2 Å². The average Bonchev–Trinajstić information content (AvgIpc) is 3.45. The SMILES string of the molecule is COc1cc(C(=O)NC2CCN(C)CC2)ccc1Nc1cc(-c2ccc(C(N)=O)s2)no1. The first-order valence-electron chi connectivity index (χ1n) is 10.2. The first-order chi connectivity index (χ1) is 15.4. The Labute approximate surface area is 189 Å². The van der Waals surface area contributed by atoms with Crippen LogP contribution in [0.15, 0.2) is 40.9 Å². The molecule has 0 spiro atoms. The third-order valence-corrected chi connectivity index (χ3v) is 6.51. The van der Waals surface area contributed by atoms with Crippen LogP contribution in [0.1, 0.15) is 32.9 Å². The van der Waals surface area contributed by atoms with Crippen LogP contribution < -0.4 is 21.1 Å². The monoisotopic (exact) mass is 455 g/mol. The van der Waals surface area contributed by atoms with Gasteiger partial charge in [0.05, 0.1) is 22.6 Å². The summed E-state index contributed by atoms with van der Waals surface area (Å²) < 4.78 is 10.8. The number of rotatable bonds is 7. The van der Waals surface area contributed by atoms with Gasteiger partial charge in [-0.2, -0.15) is 0 Å². The standard InChI is InChI=1S/C22H25N5O4S/c1-27-9-7-14(8-10-27)24-22(29)13-3-4-15(17(11-13)30-2)25-20-12-16(26-31-20)18-5-6-19(32-18)21(23)28/h3-6,11-12,14,25H,7-10H2,1-2H3,(H2,23,28)(H,24,29). The van der Waals surface area contributed by atoms with E-state index in [4.69, 9.17) is 15.0 Å². The van der Waals surface area contributed by atoms with Crippen molar-refractivity contribution in [2.75, 3.05) is 32.6 Å². The number of carbonyl (C=O) groups excluding carboxylic acids is 2. The lowest BCUT2D eigenvalue weighted by Crippen LogP contribution is -2.43. The number of nitrogens with one attached hydrogen (secondary N) is 2. The fraction of sp³-hybridized carbons (Fsp3) is 0.318. The molecule has 1 aliphatic heterocycles. The van der Waals surface area contributed by atoms with Crippen molar-refractivity contribution >= 4 is 34.7 Å². The molecule has 1 aromatic carbocycles. The summed E-state index contributed by atoms with van der Waals surface area (Å²) in [6.07, 6.45) is 1.88. The number of thiophene rings is 1. The Morgan fingerprint density at radius 3 is 2.69 bits per heavy atom. The lowest BCUT2D eigenvalue weighted by atomic mass is 10.0. The minimum atomic E-state index is -0.479. The zero-order valence-electron chi connectivity index (χ0n) is 17.9. The number of hydrogen-bond donors (Lipinski definition) is 3. The molecular weight excluding hydrogens is 430 g/mol. The molecule has 0 radical (unpaired) electrons. The molecule has 3 heterocycles. The number of amides is 2. The summed E-state index contributed by atoms with van der Waals surface area (Å²) in [5, 5.41) is 10.3. The molecule has 0 aliphatic carbocycles. The van der Waals surface area contributed by atoms with Crippen molar-refractivity contribution in [1.29, 1.82) is 0 Å². The Hall–Kier alpha value is -3.37. The number of hydrogen-bond acceptors (Lipinski definition) is 8. The highest BCUT2D eigenvalue weighted by Gasteiger charge is 2.20. The third-order valence-electron chi connectivity index (χ3n) is 5.39. The Bertz CT molecular complexity index is 1120. The van der Waals surface area contributed by atoms with Crippen LogP contribution in [0, 0.1) is 0 Å². The summed E-state index contributed by atoms with van der Waals surface area (Å²) in [5.74, 6) is 0.309. The molecule has 1 fully saturated rings. The van der Waals surface area contributed by atoms with Gasteiger partial charge in [-0.15, -0.1) is 11.3 Å². The van der Waals surface area contributed by atoms with E-state index in [0.717, 1.165) is 30.8 Å². The van der Waals surface area contributed by atoms with Crippen LogP contribution in [-0.2, 0) is 0 Å². The van der Waals surface area contributed by atoms with Gasteiger partial charge in [-0.05, 0) is 63.3 Å². The Balaban J connectivity index is 1.44. The second kappa shape index (κ2) is 9.41. The molecule has 1 saturated heterocycles. The van der Waals surface area contributed by atoms with E-state index in [2.05, 4.69) is 27.7 Å². The van der Waals surface area contributed by atoms with Gasteiger partial charge in [-0.25, -0.2) is 0 Å². The molecule has 3 aromatic rings. The van der Waals surface area contributed by atoms with Crippen LogP contribution in [0.25, 0.3) is 10.6 Å². The van der Waals surface area contributed by atoms with E-state index < -0.39 is 5.91 Å². The van der Waals surface area contributed by atoms with Gasteiger partial charge in [0.1, 0.15) is 11.4 Å². The number of aromatic nitrogens is 1. The number of anilines is 2. The minimum absolute atomic E-state index is 0.116. The van der Waals surface area contributed by atoms with Crippen LogP contribution in [0.2, 0.25) is 0 Å².